The van der Waals surface area contributed by atoms with Gasteiger partial charge < -0.3 is 10.3 Å². The van der Waals surface area contributed by atoms with Gasteiger partial charge in [0.25, 0.3) is 0 Å². The summed E-state index contributed by atoms with van der Waals surface area (Å²) in [6.07, 6.45) is 6.51. The van der Waals surface area contributed by atoms with E-state index >= 15 is 0 Å². The van der Waals surface area contributed by atoms with E-state index in [0.717, 1.165) is 35.6 Å². The summed E-state index contributed by atoms with van der Waals surface area (Å²) in [4.78, 5) is 4.53. The minimum atomic E-state index is 0.612. The highest BCUT2D eigenvalue weighted by Gasteiger charge is 2.40. The highest BCUT2D eigenvalue weighted by atomic mass is 16.5. The van der Waals surface area contributed by atoms with Gasteiger partial charge in [-0.05, 0) is 49.1 Å². The number of nitrogens with two attached hydrogens (primary N) is 1. The Hall–Kier alpha value is -1.84. The number of aromatic nitrogens is 2. The van der Waals surface area contributed by atoms with Gasteiger partial charge >= 0.3 is 0 Å². The standard InChI is InChI=1S/C16H19N3O/c17-14-4-2-1-3-13(14)16-18-15(20-19-16)9-12-8-10-5-6-11(12)7-10/h1-4,10-12H,5-9,17H2. The molecule has 2 aromatic rings. The molecule has 0 spiro atoms. The van der Waals surface area contributed by atoms with Crippen LogP contribution in [0.4, 0.5) is 5.69 Å². The van der Waals surface area contributed by atoms with Crippen molar-refractivity contribution in [2.24, 2.45) is 17.8 Å². The van der Waals surface area contributed by atoms with Crippen molar-refractivity contribution in [3.05, 3.63) is 30.2 Å². The van der Waals surface area contributed by atoms with E-state index in [0.29, 0.717) is 11.5 Å². The second kappa shape index (κ2) is 4.62. The van der Waals surface area contributed by atoms with Crippen LogP contribution in [-0.2, 0) is 6.42 Å². The maximum atomic E-state index is 5.95. The van der Waals surface area contributed by atoms with Crippen molar-refractivity contribution in [1.82, 2.24) is 10.1 Å². The third-order valence-electron chi connectivity index (χ3n) is 4.99. The molecule has 4 rings (SSSR count). The summed E-state index contributed by atoms with van der Waals surface area (Å²) in [6, 6.07) is 7.65. The van der Waals surface area contributed by atoms with Gasteiger partial charge in [-0.25, -0.2) is 0 Å². The molecule has 0 amide bonds. The maximum Gasteiger partial charge on any atom is 0.227 e. The molecule has 1 aromatic heterocycles. The molecule has 1 heterocycles. The lowest BCUT2D eigenvalue weighted by molar-refractivity contribution is 0.288. The Kier molecular flexibility index (Phi) is 2.76. The molecule has 2 fully saturated rings. The highest BCUT2D eigenvalue weighted by molar-refractivity contribution is 5.70. The number of benzene rings is 1. The Labute approximate surface area is 118 Å². The molecule has 2 aliphatic rings. The zero-order valence-corrected chi connectivity index (χ0v) is 11.5. The largest absolute Gasteiger partial charge is 0.398 e. The van der Waals surface area contributed by atoms with E-state index in [9.17, 15) is 0 Å². The van der Waals surface area contributed by atoms with Crippen LogP contribution in [0.1, 0.15) is 31.6 Å². The Bertz CT molecular complexity index is 622. The first-order chi connectivity index (χ1) is 9.79. The van der Waals surface area contributed by atoms with Gasteiger partial charge in [0.1, 0.15) is 0 Å². The van der Waals surface area contributed by atoms with E-state index in [1.165, 1.54) is 25.7 Å². The third-order valence-corrected chi connectivity index (χ3v) is 4.99. The highest BCUT2D eigenvalue weighted by Crippen LogP contribution is 2.49. The number of nitrogen functional groups attached to an aromatic ring is 1. The summed E-state index contributed by atoms with van der Waals surface area (Å²) in [5.41, 5.74) is 7.50. The van der Waals surface area contributed by atoms with Gasteiger partial charge in [-0.2, -0.15) is 4.98 Å². The fraction of sp³-hybridized carbons (Fsp3) is 0.500. The Morgan fingerprint density at radius 3 is 2.85 bits per heavy atom. The molecule has 3 atom stereocenters. The Balaban J connectivity index is 1.52. The summed E-state index contributed by atoms with van der Waals surface area (Å²) < 4.78 is 5.43. The number of hydrogen-bond acceptors (Lipinski definition) is 4. The van der Waals surface area contributed by atoms with Gasteiger partial charge in [0.15, 0.2) is 0 Å². The van der Waals surface area contributed by atoms with E-state index in [1.807, 2.05) is 24.3 Å². The first-order valence-electron chi connectivity index (χ1n) is 7.47. The zero-order valence-electron chi connectivity index (χ0n) is 11.5. The molecule has 1 aromatic carbocycles. The summed E-state index contributed by atoms with van der Waals surface area (Å²) in [6.45, 7) is 0. The zero-order chi connectivity index (χ0) is 13.5. The smallest absolute Gasteiger partial charge is 0.227 e. The van der Waals surface area contributed by atoms with Crippen LogP contribution in [0.15, 0.2) is 28.8 Å². The molecular weight excluding hydrogens is 250 g/mol. The van der Waals surface area contributed by atoms with E-state index < -0.39 is 0 Å². The van der Waals surface area contributed by atoms with Crippen LogP contribution in [0, 0.1) is 17.8 Å². The van der Waals surface area contributed by atoms with Gasteiger partial charge in [0.05, 0.1) is 0 Å². The number of fused-ring (bicyclic) bond motifs is 2. The molecule has 2 bridgehead atoms. The Morgan fingerprint density at radius 1 is 1.20 bits per heavy atom. The second-order valence-electron chi connectivity index (χ2n) is 6.24. The van der Waals surface area contributed by atoms with E-state index in [2.05, 4.69) is 10.1 Å². The van der Waals surface area contributed by atoms with Crippen LogP contribution in [-0.4, -0.2) is 10.1 Å². The van der Waals surface area contributed by atoms with Gasteiger partial charge in [-0.1, -0.05) is 23.7 Å². The van der Waals surface area contributed by atoms with Crippen molar-refractivity contribution in [2.45, 2.75) is 32.1 Å². The summed E-state index contributed by atoms with van der Waals surface area (Å²) >= 11 is 0. The molecule has 2 N–H and O–H groups in total. The lowest BCUT2D eigenvalue weighted by atomic mass is 9.86. The van der Waals surface area contributed by atoms with Crippen molar-refractivity contribution in [2.75, 3.05) is 5.73 Å². The predicted octanol–water partition coefficient (Wildman–Crippen LogP) is 3.30. The molecule has 2 saturated carbocycles. The predicted molar refractivity (Wildman–Crippen MR) is 76.8 cm³/mol. The lowest BCUT2D eigenvalue weighted by Crippen LogP contribution is -2.13. The minimum absolute atomic E-state index is 0.612. The van der Waals surface area contributed by atoms with Crippen molar-refractivity contribution in [1.29, 1.82) is 0 Å². The third kappa shape index (κ3) is 1.99. The molecule has 3 unspecified atom stereocenters. The molecule has 0 saturated heterocycles. The van der Waals surface area contributed by atoms with Crippen LogP contribution in [0.5, 0.6) is 0 Å². The molecule has 104 valence electrons. The number of nitrogens with zero attached hydrogens (tertiary/aromatic N) is 2. The molecule has 2 aliphatic carbocycles. The fourth-order valence-electron chi connectivity index (χ4n) is 4.00. The van der Waals surface area contributed by atoms with Crippen molar-refractivity contribution < 1.29 is 4.52 Å². The van der Waals surface area contributed by atoms with Gasteiger partial charge in [0.2, 0.25) is 11.7 Å². The van der Waals surface area contributed by atoms with E-state index in [4.69, 9.17) is 10.3 Å². The average molecular weight is 269 g/mol. The summed E-state index contributed by atoms with van der Waals surface area (Å²) in [7, 11) is 0. The second-order valence-corrected chi connectivity index (χ2v) is 6.24. The number of rotatable bonds is 3. The van der Waals surface area contributed by atoms with Gasteiger partial charge in [-0.3, -0.25) is 0 Å². The minimum Gasteiger partial charge on any atom is -0.398 e. The molecule has 4 heteroatoms. The quantitative estimate of drug-likeness (QED) is 0.868. The molecule has 0 aliphatic heterocycles. The number of anilines is 1. The number of para-hydroxylation sites is 1. The molecule has 4 nitrogen and oxygen atoms in total. The number of hydrogen-bond donors (Lipinski definition) is 1. The monoisotopic (exact) mass is 269 g/mol. The first-order valence-corrected chi connectivity index (χ1v) is 7.47. The van der Waals surface area contributed by atoms with Gasteiger partial charge in [-0.15, -0.1) is 0 Å². The summed E-state index contributed by atoms with van der Waals surface area (Å²) in [5.74, 6) is 3.96. The van der Waals surface area contributed by atoms with Crippen LogP contribution < -0.4 is 5.73 Å². The molecule has 20 heavy (non-hydrogen) atoms. The van der Waals surface area contributed by atoms with Crippen LogP contribution >= 0.6 is 0 Å². The average Bonchev–Trinajstić information content (AvgIpc) is 3.16. The normalized spacial score (nSPS) is 28.1. The topological polar surface area (TPSA) is 64.9 Å². The fourth-order valence-corrected chi connectivity index (χ4v) is 4.00. The molecular formula is C16H19N3O. The molecule has 0 radical (unpaired) electrons. The van der Waals surface area contributed by atoms with Gasteiger partial charge in [0, 0.05) is 17.7 Å². The van der Waals surface area contributed by atoms with E-state index in [1.54, 1.807) is 0 Å². The van der Waals surface area contributed by atoms with Crippen molar-refractivity contribution in [3.8, 4) is 11.4 Å². The van der Waals surface area contributed by atoms with Crippen LogP contribution in [0.25, 0.3) is 11.4 Å². The summed E-state index contributed by atoms with van der Waals surface area (Å²) in [5, 5.41) is 4.09. The van der Waals surface area contributed by atoms with Crippen LogP contribution in [0.2, 0.25) is 0 Å². The maximum absolute atomic E-state index is 5.95. The van der Waals surface area contributed by atoms with Crippen LogP contribution in [0.3, 0.4) is 0 Å². The SMILES string of the molecule is Nc1ccccc1-c1noc(CC2CC3CCC2C3)n1. The van der Waals surface area contributed by atoms with Crippen molar-refractivity contribution in [3.63, 3.8) is 0 Å². The Morgan fingerprint density at radius 2 is 2.10 bits per heavy atom. The van der Waals surface area contributed by atoms with E-state index in [-0.39, 0.29) is 0 Å². The first kappa shape index (κ1) is 11.9. The van der Waals surface area contributed by atoms with Crippen molar-refractivity contribution >= 4 is 5.69 Å². The lowest BCUT2D eigenvalue weighted by Gasteiger charge is -2.19.